The van der Waals surface area contributed by atoms with Gasteiger partial charge in [-0.15, -0.1) is 0 Å². The maximum atomic E-state index is 14.0. The van der Waals surface area contributed by atoms with E-state index in [1.165, 1.54) is 33.4 Å². The fourth-order valence-electron chi connectivity index (χ4n) is 5.26. The zero-order valence-electron chi connectivity index (χ0n) is 24.5. The van der Waals surface area contributed by atoms with Gasteiger partial charge in [-0.1, -0.05) is 6.92 Å². The third-order valence-electron chi connectivity index (χ3n) is 7.52. The number of hydrogen-bond donors (Lipinski definition) is 1. The van der Waals surface area contributed by atoms with Crippen LogP contribution >= 0.6 is 0 Å². The second-order valence-electron chi connectivity index (χ2n) is 10.5. The van der Waals surface area contributed by atoms with Gasteiger partial charge in [0.15, 0.2) is 17.3 Å². The molecule has 0 spiro atoms. The molecule has 12 nitrogen and oxygen atoms in total. The van der Waals surface area contributed by atoms with Crippen molar-refractivity contribution < 1.29 is 23.1 Å². The summed E-state index contributed by atoms with van der Waals surface area (Å²) in [5, 5.41) is 0. The van der Waals surface area contributed by atoms with Crippen molar-refractivity contribution in [2.75, 3.05) is 38.3 Å². The molecule has 14 heteroatoms. The minimum Gasteiger partial charge on any atom is -0.383 e. The first-order valence-corrected chi connectivity index (χ1v) is 14.5. The summed E-state index contributed by atoms with van der Waals surface area (Å²) < 4.78 is 35.3. The molecule has 1 N–H and O–H groups in total. The lowest BCUT2D eigenvalue weighted by atomic mass is 10.1. The number of carbonyl (C=O) groups excluding carboxylic acids is 2. The summed E-state index contributed by atoms with van der Waals surface area (Å²) in [5.74, 6) is -2.20. The predicted octanol–water partition coefficient (Wildman–Crippen LogP) is 2.94. The topological polar surface area (TPSA) is 135 Å². The molecule has 44 heavy (non-hydrogen) atoms. The number of anilines is 1. The van der Waals surface area contributed by atoms with Crippen LogP contribution in [0.1, 0.15) is 43.0 Å². The number of amides is 2. The average Bonchev–Trinajstić information content (AvgIpc) is 3.65. The molecule has 1 aliphatic rings. The van der Waals surface area contributed by atoms with Crippen LogP contribution in [-0.4, -0.2) is 74.2 Å². The van der Waals surface area contributed by atoms with Crippen molar-refractivity contribution in [3.63, 3.8) is 0 Å². The number of imidazole rings is 1. The number of likely N-dealkylation sites (tertiary alicyclic amines) is 1. The van der Waals surface area contributed by atoms with Crippen molar-refractivity contribution in [2.45, 2.75) is 45.7 Å². The monoisotopic (exact) mass is 609 g/mol. The van der Waals surface area contributed by atoms with E-state index in [9.17, 15) is 28.0 Å². The van der Waals surface area contributed by atoms with Crippen LogP contribution in [0.2, 0.25) is 0 Å². The van der Waals surface area contributed by atoms with E-state index in [1.807, 2.05) is 6.92 Å². The quantitative estimate of drug-likeness (QED) is 0.261. The first-order valence-electron chi connectivity index (χ1n) is 14.5. The molecule has 0 bridgehead atoms. The van der Waals surface area contributed by atoms with Gasteiger partial charge in [0.25, 0.3) is 11.5 Å². The molecule has 4 heterocycles. The number of ether oxygens (including phenoxy) is 1. The van der Waals surface area contributed by atoms with Crippen molar-refractivity contribution in [1.29, 1.82) is 0 Å². The lowest BCUT2D eigenvalue weighted by Crippen LogP contribution is -2.40. The van der Waals surface area contributed by atoms with Gasteiger partial charge in [-0.2, -0.15) is 0 Å². The van der Waals surface area contributed by atoms with Gasteiger partial charge in [-0.3, -0.25) is 28.4 Å². The molecule has 232 valence electrons. The van der Waals surface area contributed by atoms with Gasteiger partial charge in [0.1, 0.15) is 17.2 Å². The number of nitrogens with zero attached hydrogens (tertiary/aromatic N) is 6. The SMILES string of the molecule is CCCn1c(=O)c2[nH]c(-c3ccc(N(CCCN4CCCC4=O)C(=O)c4ccc(F)c(F)c4)nc3)nc2n(CCOC)c1=O. The lowest BCUT2D eigenvalue weighted by Gasteiger charge is -2.24. The Morgan fingerprint density at radius 3 is 2.55 bits per heavy atom. The van der Waals surface area contributed by atoms with Crippen LogP contribution in [0, 0.1) is 11.6 Å². The second kappa shape index (κ2) is 13.3. The number of halogens is 2. The van der Waals surface area contributed by atoms with Crippen molar-refractivity contribution in [3.8, 4) is 11.4 Å². The molecule has 1 saturated heterocycles. The van der Waals surface area contributed by atoms with Crippen LogP contribution in [0.5, 0.6) is 0 Å². The molecule has 2 amide bonds. The molecule has 1 aromatic carbocycles. The maximum Gasteiger partial charge on any atom is 0.332 e. The first-order chi connectivity index (χ1) is 21.2. The summed E-state index contributed by atoms with van der Waals surface area (Å²) in [6.45, 7) is 3.82. The smallest absolute Gasteiger partial charge is 0.332 e. The van der Waals surface area contributed by atoms with E-state index in [0.717, 1.165) is 18.6 Å². The highest BCUT2D eigenvalue weighted by atomic mass is 19.2. The minimum atomic E-state index is -1.14. The van der Waals surface area contributed by atoms with Gasteiger partial charge in [0, 0.05) is 57.0 Å². The van der Waals surface area contributed by atoms with Crippen molar-refractivity contribution >= 4 is 28.8 Å². The summed E-state index contributed by atoms with van der Waals surface area (Å²) in [4.78, 5) is 66.8. The van der Waals surface area contributed by atoms with Gasteiger partial charge < -0.3 is 14.6 Å². The Hall–Kier alpha value is -4.72. The van der Waals surface area contributed by atoms with Crippen LogP contribution in [0.4, 0.5) is 14.6 Å². The van der Waals surface area contributed by atoms with E-state index in [0.29, 0.717) is 43.7 Å². The van der Waals surface area contributed by atoms with Crippen LogP contribution < -0.4 is 16.1 Å². The molecule has 0 saturated carbocycles. The zero-order chi connectivity index (χ0) is 31.4. The normalized spacial score (nSPS) is 13.3. The van der Waals surface area contributed by atoms with Crippen LogP contribution in [0.25, 0.3) is 22.6 Å². The minimum absolute atomic E-state index is 0.0540. The molecule has 3 aromatic heterocycles. The molecule has 1 fully saturated rings. The van der Waals surface area contributed by atoms with Gasteiger partial charge >= 0.3 is 5.69 Å². The third-order valence-corrected chi connectivity index (χ3v) is 7.52. The Bertz CT molecular complexity index is 1800. The Kier molecular flexibility index (Phi) is 9.28. The average molecular weight is 610 g/mol. The fourth-order valence-corrected chi connectivity index (χ4v) is 5.26. The number of rotatable bonds is 12. The Morgan fingerprint density at radius 2 is 1.89 bits per heavy atom. The summed E-state index contributed by atoms with van der Waals surface area (Å²) in [6, 6.07) is 6.16. The van der Waals surface area contributed by atoms with E-state index < -0.39 is 28.8 Å². The first kappa shape index (κ1) is 30.7. The number of H-pyrrole nitrogens is 1. The maximum absolute atomic E-state index is 14.0. The number of fused-ring (bicyclic) bond motifs is 1. The van der Waals surface area contributed by atoms with Crippen molar-refractivity contribution in [1.82, 2.24) is 29.0 Å². The fraction of sp³-hybridized carbons (Fsp3) is 0.400. The molecule has 0 radical (unpaired) electrons. The second-order valence-corrected chi connectivity index (χ2v) is 10.5. The molecular formula is C30H33F2N7O5. The number of nitrogens with one attached hydrogen (secondary N) is 1. The summed E-state index contributed by atoms with van der Waals surface area (Å²) in [5.41, 5.74) is -0.171. The molecule has 1 aliphatic heterocycles. The summed E-state index contributed by atoms with van der Waals surface area (Å²) in [6.07, 6.45) is 3.78. The highest BCUT2D eigenvalue weighted by Gasteiger charge is 2.24. The van der Waals surface area contributed by atoms with E-state index in [2.05, 4.69) is 15.0 Å². The van der Waals surface area contributed by atoms with Crippen LogP contribution in [0.3, 0.4) is 0 Å². The number of pyridine rings is 1. The van der Waals surface area contributed by atoms with Crippen LogP contribution in [-0.2, 0) is 22.6 Å². The van der Waals surface area contributed by atoms with Crippen LogP contribution in [0.15, 0.2) is 46.1 Å². The number of carbonyl (C=O) groups is 2. The summed E-state index contributed by atoms with van der Waals surface area (Å²) in [7, 11) is 1.51. The Morgan fingerprint density at radius 1 is 1.07 bits per heavy atom. The van der Waals surface area contributed by atoms with E-state index in [-0.39, 0.29) is 54.7 Å². The van der Waals surface area contributed by atoms with Gasteiger partial charge in [-0.25, -0.2) is 23.5 Å². The van der Waals surface area contributed by atoms with Crippen molar-refractivity contribution in [2.24, 2.45) is 0 Å². The van der Waals surface area contributed by atoms with Gasteiger partial charge in [-0.05, 0) is 49.6 Å². The largest absolute Gasteiger partial charge is 0.383 e. The number of aromatic amines is 1. The highest BCUT2D eigenvalue weighted by Crippen LogP contribution is 2.23. The molecule has 0 unspecified atom stereocenters. The Balaban J connectivity index is 1.47. The number of methoxy groups -OCH3 is 1. The number of aromatic nitrogens is 5. The Labute approximate surface area is 250 Å². The number of benzene rings is 1. The molecule has 4 aromatic rings. The van der Waals surface area contributed by atoms with Crippen molar-refractivity contribution in [3.05, 3.63) is 74.6 Å². The van der Waals surface area contributed by atoms with Gasteiger partial charge in [0.05, 0.1) is 13.2 Å². The zero-order valence-corrected chi connectivity index (χ0v) is 24.5. The molecular weight excluding hydrogens is 576 g/mol. The molecule has 0 aliphatic carbocycles. The third kappa shape index (κ3) is 6.16. The molecule has 0 atom stereocenters. The van der Waals surface area contributed by atoms with E-state index >= 15 is 0 Å². The van der Waals surface area contributed by atoms with Gasteiger partial charge in [0.2, 0.25) is 5.91 Å². The predicted molar refractivity (Wildman–Crippen MR) is 158 cm³/mol. The number of hydrogen-bond acceptors (Lipinski definition) is 7. The lowest BCUT2D eigenvalue weighted by molar-refractivity contribution is -0.127. The van der Waals surface area contributed by atoms with E-state index in [4.69, 9.17) is 4.74 Å². The summed E-state index contributed by atoms with van der Waals surface area (Å²) >= 11 is 0. The van der Waals surface area contributed by atoms with E-state index in [1.54, 1.807) is 17.0 Å². The molecule has 5 rings (SSSR count). The standard InChI is InChI=1S/C30H33F2N7O5/c1-3-11-39-29(42)25-27(38(30(39)43)15-16-44-2)35-26(34-25)20-8-10-23(33-18-20)37(14-5-13-36-12-4-6-24(36)40)28(41)19-7-9-21(31)22(32)17-19/h7-10,17-18H,3-6,11-16H2,1-2H3,(H,34,35). The highest BCUT2D eigenvalue weighted by molar-refractivity contribution is 6.05.